The summed E-state index contributed by atoms with van der Waals surface area (Å²) in [6.07, 6.45) is 17.1. The van der Waals surface area contributed by atoms with Crippen LogP contribution in [0.1, 0.15) is 19.3 Å². The Morgan fingerprint density at radius 2 is 2.05 bits per heavy atom. The number of allylic oxidation sites excluding steroid dienone is 8. The summed E-state index contributed by atoms with van der Waals surface area (Å²) in [6, 6.07) is 0. The first-order valence-electron chi connectivity index (χ1n) is 7.05. The first-order chi connectivity index (χ1) is 9.25. The lowest BCUT2D eigenvalue weighted by Gasteiger charge is -2.36. The van der Waals surface area contributed by atoms with Crippen LogP contribution in [-0.2, 0) is 9.59 Å². The molecule has 0 aromatic heterocycles. The molecule has 2 nitrogen and oxygen atoms in total. The summed E-state index contributed by atoms with van der Waals surface area (Å²) >= 11 is 0. The molecule has 1 saturated carbocycles. The van der Waals surface area contributed by atoms with Crippen molar-refractivity contribution in [2.24, 2.45) is 23.2 Å². The summed E-state index contributed by atoms with van der Waals surface area (Å²) in [5.41, 5.74) is 0.707. The van der Waals surface area contributed by atoms with Crippen LogP contribution in [0.5, 0.6) is 0 Å². The lowest BCUT2D eigenvalue weighted by atomic mass is 9.64. The van der Waals surface area contributed by atoms with Gasteiger partial charge in [0.05, 0.1) is 5.41 Å². The Labute approximate surface area is 112 Å². The molecular weight excluding hydrogens is 236 g/mol. The van der Waals surface area contributed by atoms with Crippen LogP contribution in [-0.4, -0.2) is 11.6 Å². The smallest absolute Gasteiger partial charge is 0.206 e. The zero-order valence-electron chi connectivity index (χ0n) is 10.7. The van der Waals surface area contributed by atoms with Crippen molar-refractivity contribution < 1.29 is 9.59 Å². The monoisotopic (exact) mass is 252 g/mol. The van der Waals surface area contributed by atoms with Gasteiger partial charge in [-0.3, -0.25) is 9.59 Å². The van der Waals surface area contributed by atoms with Crippen LogP contribution < -0.4 is 0 Å². The first-order valence-corrected chi connectivity index (χ1v) is 7.05. The normalized spacial score (nSPS) is 42.7. The Morgan fingerprint density at radius 1 is 1.16 bits per heavy atom. The van der Waals surface area contributed by atoms with Gasteiger partial charge in [0, 0.05) is 17.8 Å². The maximum Gasteiger partial charge on any atom is 0.206 e. The quantitative estimate of drug-likeness (QED) is 0.491. The van der Waals surface area contributed by atoms with Crippen molar-refractivity contribution in [2.75, 3.05) is 0 Å². The highest BCUT2D eigenvalue weighted by Gasteiger charge is 2.63. The van der Waals surface area contributed by atoms with E-state index in [-0.39, 0.29) is 29.3 Å². The highest BCUT2D eigenvalue weighted by Crippen LogP contribution is 2.59. The van der Waals surface area contributed by atoms with E-state index in [1.54, 1.807) is 0 Å². The van der Waals surface area contributed by atoms with Crippen LogP contribution in [0.25, 0.3) is 0 Å². The van der Waals surface area contributed by atoms with Crippen LogP contribution in [0.2, 0.25) is 0 Å². The van der Waals surface area contributed by atoms with Crippen LogP contribution in [0.4, 0.5) is 0 Å². The van der Waals surface area contributed by atoms with Gasteiger partial charge in [0.2, 0.25) is 11.6 Å². The van der Waals surface area contributed by atoms with Gasteiger partial charge in [0.15, 0.2) is 0 Å². The van der Waals surface area contributed by atoms with E-state index >= 15 is 0 Å². The second-order valence-corrected chi connectivity index (χ2v) is 6.00. The molecule has 19 heavy (non-hydrogen) atoms. The van der Waals surface area contributed by atoms with E-state index < -0.39 is 5.41 Å². The standard InChI is InChI=1S/C17H16O2/c18-15-12-6-2-4-8-14(12)17(16(15)19)10-9-11-5-1-3-7-13(11)17/h1,3-5,7-9,12-14H,2,6,10H2. The molecule has 0 bridgehead atoms. The summed E-state index contributed by atoms with van der Waals surface area (Å²) in [5.74, 6) is -0.0930. The minimum absolute atomic E-state index is 0.0652. The highest BCUT2D eigenvalue weighted by atomic mass is 16.2. The number of fused-ring (bicyclic) bond motifs is 4. The molecular formula is C17H16O2. The van der Waals surface area contributed by atoms with Crippen molar-refractivity contribution in [2.45, 2.75) is 19.3 Å². The second kappa shape index (κ2) is 3.66. The average Bonchev–Trinajstić information content (AvgIpc) is 2.95. The molecule has 0 amide bonds. The van der Waals surface area contributed by atoms with Crippen molar-refractivity contribution >= 4 is 11.6 Å². The Bertz CT molecular complexity index is 590. The summed E-state index contributed by atoms with van der Waals surface area (Å²) in [5, 5.41) is 0. The number of Topliss-reactive ketones (excluding diaryl/α,β-unsaturated/α-hetero) is 2. The van der Waals surface area contributed by atoms with Crippen molar-refractivity contribution in [3.8, 4) is 0 Å². The third kappa shape index (κ3) is 1.22. The van der Waals surface area contributed by atoms with Gasteiger partial charge in [-0.2, -0.15) is 0 Å². The van der Waals surface area contributed by atoms with Gasteiger partial charge in [0.25, 0.3) is 0 Å². The average molecular weight is 252 g/mol. The summed E-state index contributed by atoms with van der Waals surface area (Å²) in [6.45, 7) is 0. The van der Waals surface area contributed by atoms with E-state index in [1.807, 2.05) is 12.2 Å². The zero-order valence-corrected chi connectivity index (χ0v) is 10.7. The first kappa shape index (κ1) is 11.2. The summed E-state index contributed by atoms with van der Waals surface area (Å²) in [4.78, 5) is 25.0. The predicted octanol–water partition coefficient (Wildman–Crippen LogP) is 2.78. The molecule has 0 saturated heterocycles. The number of rotatable bonds is 0. The van der Waals surface area contributed by atoms with Gasteiger partial charge in [-0.25, -0.2) is 0 Å². The van der Waals surface area contributed by atoms with Gasteiger partial charge < -0.3 is 0 Å². The molecule has 0 N–H and O–H groups in total. The molecule has 4 unspecified atom stereocenters. The minimum Gasteiger partial charge on any atom is -0.291 e. The van der Waals surface area contributed by atoms with Crippen molar-refractivity contribution in [1.82, 2.24) is 0 Å². The topological polar surface area (TPSA) is 34.1 Å². The Kier molecular flexibility index (Phi) is 2.15. The van der Waals surface area contributed by atoms with E-state index in [4.69, 9.17) is 0 Å². The fourth-order valence-electron chi connectivity index (χ4n) is 4.42. The number of ketones is 2. The summed E-state index contributed by atoms with van der Waals surface area (Å²) < 4.78 is 0. The maximum atomic E-state index is 12.7. The number of carbonyl (C=O) groups is 2. The fourth-order valence-corrected chi connectivity index (χ4v) is 4.42. The molecule has 1 fully saturated rings. The lowest BCUT2D eigenvalue weighted by Crippen LogP contribution is -2.38. The largest absolute Gasteiger partial charge is 0.291 e. The van der Waals surface area contributed by atoms with Crippen LogP contribution >= 0.6 is 0 Å². The van der Waals surface area contributed by atoms with Gasteiger partial charge in [-0.15, -0.1) is 0 Å². The highest BCUT2D eigenvalue weighted by molar-refractivity contribution is 6.42. The Hall–Kier alpha value is -1.70. The third-order valence-electron chi connectivity index (χ3n) is 5.29. The third-order valence-corrected chi connectivity index (χ3v) is 5.29. The predicted molar refractivity (Wildman–Crippen MR) is 72.3 cm³/mol. The van der Waals surface area contributed by atoms with Gasteiger partial charge >= 0.3 is 0 Å². The SMILES string of the molecule is O=C1C(=O)C2(CC=C3C=CC=CC32)C2C=CCCC12. The van der Waals surface area contributed by atoms with E-state index in [2.05, 4.69) is 30.4 Å². The van der Waals surface area contributed by atoms with Crippen molar-refractivity contribution in [3.05, 3.63) is 48.1 Å². The molecule has 4 aliphatic rings. The molecule has 0 aromatic rings. The van der Waals surface area contributed by atoms with E-state index in [0.717, 1.165) is 19.3 Å². The van der Waals surface area contributed by atoms with Crippen LogP contribution in [0.15, 0.2) is 48.1 Å². The lowest BCUT2D eigenvalue weighted by molar-refractivity contribution is -0.140. The molecule has 2 heteroatoms. The van der Waals surface area contributed by atoms with Gasteiger partial charge in [-0.05, 0) is 24.8 Å². The molecule has 4 aliphatic carbocycles. The molecule has 1 spiro atoms. The molecule has 96 valence electrons. The van der Waals surface area contributed by atoms with E-state index in [9.17, 15) is 9.59 Å². The maximum absolute atomic E-state index is 12.7. The molecule has 4 rings (SSSR count). The Morgan fingerprint density at radius 3 is 2.95 bits per heavy atom. The molecule has 0 heterocycles. The molecule has 0 radical (unpaired) electrons. The molecule has 4 atom stereocenters. The fraction of sp³-hybridized carbons (Fsp3) is 0.412. The van der Waals surface area contributed by atoms with E-state index in [1.165, 1.54) is 5.57 Å². The molecule has 0 aliphatic heterocycles. The number of hydrogen-bond donors (Lipinski definition) is 0. The van der Waals surface area contributed by atoms with Crippen molar-refractivity contribution in [3.63, 3.8) is 0 Å². The van der Waals surface area contributed by atoms with Gasteiger partial charge in [-0.1, -0.05) is 42.5 Å². The summed E-state index contributed by atoms with van der Waals surface area (Å²) in [7, 11) is 0. The number of carbonyl (C=O) groups excluding carboxylic acids is 2. The molecule has 0 aromatic carbocycles. The minimum atomic E-state index is -0.505. The second-order valence-electron chi connectivity index (χ2n) is 6.00. The Balaban J connectivity index is 1.86. The van der Waals surface area contributed by atoms with Crippen LogP contribution in [0, 0.1) is 23.2 Å². The van der Waals surface area contributed by atoms with E-state index in [0.29, 0.717) is 0 Å². The number of hydrogen-bond acceptors (Lipinski definition) is 2. The van der Waals surface area contributed by atoms with Gasteiger partial charge in [0.1, 0.15) is 0 Å². The van der Waals surface area contributed by atoms with Crippen molar-refractivity contribution in [1.29, 1.82) is 0 Å². The zero-order chi connectivity index (χ0) is 13.0. The van der Waals surface area contributed by atoms with Crippen LogP contribution in [0.3, 0.4) is 0 Å².